The quantitative estimate of drug-likeness (QED) is 0.661. The molecule has 1 aliphatic rings. The first-order valence-electron chi connectivity index (χ1n) is 6.33. The molecule has 1 aliphatic heterocycles. The van der Waals surface area contributed by atoms with Gasteiger partial charge in [-0.3, -0.25) is 4.79 Å². The first-order chi connectivity index (χ1) is 9.27. The van der Waals surface area contributed by atoms with Crippen LogP contribution in [-0.2, 0) is 9.84 Å². The van der Waals surface area contributed by atoms with Gasteiger partial charge in [-0.25, -0.2) is 8.42 Å². The van der Waals surface area contributed by atoms with Crippen molar-refractivity contribution in [3.63, 3.8) is 0 Å². The topological polar surface area (TPSA) is 80.5 Å². The van der Waals surface area contributed by atoms with Gasteiger partial charge in [-0.15, -0.1) is 0 Å². The van der Waals surface area contributed by atoms with Gasteiger partial charge in [0.25, 0.3) is 5.91 Å². The average Bonchev–Trinajstić information content (AvgIpc) is 2.36. The molecule has 2 N–H and O–H groups in total. The lowest BCUT2D eigenvalue weighted by molar-refractivity contribution is 0.0766. The number of nitrogens with zero attached hydrogens (tertiary/aromatic N) is 1. The fourth-order valence-corrected chi connectivity index (χ4v) is 2.92. The fraction of sp³-hybridized carbons (Fsp3) is 0.357. The van der Waals surface area contributed by atoms with Crippen LogP contribution in [0.15, 0.2) is 34.7 Å². The fourth-order valence-electron chi connectivity index (χ4n) is 2.23. The van der Waals surface area contributed by atoms with Crippen molar-refractivity contribution >= 4 is 21.4 Å². The van der Waals surface area contributed by atoms with Crippen LogP contribution in [0.5, 0.6) is 0 Å². The van der Waals surface area contributed by atoms with Crippen LogP contribution in [0, 0.1) is 0 Å². The van der Waals surface area contributed by atoms with Gasteiger partial charge in [-0.05, 0) is 31.5 Å². The molecule has 0 fully saturated rings. The molecule has 0 radical (unpaired) electrons. The molecule has 0 saturated heterocycles. The summed E-state index contributed by atoms with van der Waals surface area (Å²) in [6, 6.07) is 4.28. The number of amides is 1. The van der Waals surface area contributed by atoms with Crippen molar-refractivity contribution in [2.45, 2.75) is 18.2 Å². The van der Waals surface area contributed by atoms with Crippen molar-refractivity contribution in [3.05, 3.63) is 35.4 Å². The highest BCUT2D eigenvalue weighted by Gasteiger charge is 2.20. The van der Waals surface area contributed by atoms with Gasteiger partial charge in [0.05, 0.1) is 4.90 Å². The van der Waals surface area contributed by atoms with Crippen LogP contribution in [0.4, 0.5) is 5.69 Å². The molecule has 0 unspecified atom stereocenters. The Labute approximate surface area is 119 Å². The third-order valence-electron chi connectivity index (χ3n) is 3.22. The Morgan fingerprint density at radius 3 is 2.60 bits per heavy atom. The molecule has 1 aromatic rings. The minimum atomic E-state index is -3.38. The number of rotatable bonds is 2. The van der Waals surface area contributed by atoms with Gasteiger partial charge < -0.3 is 10.6 Å². The summed E-state index contributed by atoms with van der Waals surface area (Å²) in [5.74, 6) is -0.186. The van der Waals surface area contributed by atoms with Crippen LogP contribution in [0.2, 0.25) is 0 Å². The van der Waals surface area contributed by atoms with E-state index in [-0.39, 0.29) is 16.5 Å². The molecule has 5 nitrogen and oxygen atoms in total. The lowest BCUT2D eigenvalue weighted by Gasteiger charge is -2.26. The maximum atomic E-state index is 12.4. The molecule has 1 heterocycles. The Bertz CT molecular complexity index is 678. The Morgan fingerprint density at radius 1 is 1.30 bits per heavy atom. The third kappa shape index (κ3) is 3.19. The van der Waals surface area contributed by atoms with E-state index < -0.39 is 9.84 Å². The van der Waals surface area contributed by atoms with Crippen molar-refractivity contribution in [3.8, 4) is 0 Å². The first-order valence-corrected chi connectivity index (χ1v) is 8.22. The van der Waals surface area contributed by atoms with E-state index in [0.717, 1.165) is 18.2 Å². The standard InChI is InChI=1S/C14H18N2O3S/c1-10-4-3-5-16(9-10)14(17)11-6-12(15)8-13(7-11)20(2,18)19/h4,6-8H,3,5,9,15H2,1-2H3. The normalized spacial score (nSPS) is 15.9. The number of anilines is 1. The van der Waals surface area contributed by atoms with E-state index >= 15 is 0 Å². The molecule has 20 heavy (non-hydrogen) atoms. The zero-order valence-corrected chi connectivity index (χ0v) is 12.4. The molecule has 0 aliphatic carbocycles. The predicted octanol–water partition coefficient (Wildman–Crippen LogP) is 1.46. The van der Waals surface area contributed by atoms with E-state index in [0.29, 0.717) is 18.7 Å². The largest absolute Gasteiger partial charge is 0.399 e. The third-order valence-corrected chi connectivity index (χ3v) is 4.32. The summed E-state index contributed by atoms with van der Waals surface area (Å²) in [6.07, 6.45) is 4.02. The van der Waals surface area contributed by atoms with Crippen molar-refractivity contribution in [1.29, 1.82) is 0 Å². The van der Waals surface area contributed by atoms with Crippen LogP contribution < -0.4 is 5.73 Å². The second-order valence-electron chi connectivity index (χ2n) is 5.13. The first kappa shape index (κ1) is 14.6. The summed E-state index contributed by atoms with van der Waals surface area (Å²) in [5.41, 5.74) is 7.44. The summed E-state index contributed by atoms with van der Waals surface area (Å²) >= 11 is 0. The van der Waals surface area contributed by atoms with Gasteiger partial charge in [0, 0.05) is 30.6 Å². The Morgan fingerprint density at radius 2 is 2.00 bits per heavy atom. The second kappa shape index (κ2) is 5.28. The maximum absolute atomic E-state index is 12.4. The van der Waals surface area contributed by atoms with Gasteiger partial charge in [0.15, 0.2) is 9.84 Å². The van der Waals surface area contributed by atoms with Crippen LogP contribution >= 0.6 is 0 Å². The molecule has 108 valence electrons. The molecule has 1 aromatic carbocycles. The van der Waals surface area contributed by atoms with Gasteiger partial charge in [-0.2, -0.15) is 0 Å². The van der Waals surface area contributed by atoms with E-state index in [2.05, 4.69) is 6.08 Å². The number of sulfone groups is 1. The second-order valence-corrected chi connectivity index (χ2v) is 7.14. The summed E-state index contributed by atoms with van der Waals surface area (Å²) in [6.45, 7) is 3.18. The number of hydrogen-bond acceptors (Lipinski definition) is 4. The zero-order valence-electron chi connectivity index (χ0n) is 11.6. The van der Waals surface area contributed by atoms with Gasteiger partial charge in [-0.1, -0.05) is 11.6 Å². The predicted molar refractivity (Wildman–Crippen MR) is 78.2 cm³/mol. The van der Waals surface area contributed by atoms with Crippen LogP contribution in [0.25, 0.3) is 0 Å². The summed E-state index contributed by atoms with van der Waals surface area (Å²) in [4.78, 5) is 14.2. The van der Waals surface area contributed by atoms with Crippen LogP contribution in [-0.4, -0.2) is 38.6 Å². The Hall–Kier alpha value is -1.82. The number of carbonyl (C=O) groups is 1. The van der Waals surface area contributed by atoms with Crippen LogP contribution in [0.3, 0.4) is 0 Å². The molecular weight excluding hydrogens is 276 g/mol. The van der Waals surface area contributed by atoms with Gasteiger partial charge >= 0.3 is 0 Å². The smallest absolute Gasteiger partial charge is 0.254 e. The molecule has 1 amide bonds. The lowest BCUT2D eigenvalue weighted by Crippen LogP contribution is -2.35. The summed E-state index contributed by atoms with van der Waals surface area (Å²) in [5, 5.41) is 0. The van der Waals surface area contributed by atoms with Crippen molar-refractivity contribution < 1.29 is 13.2 Å². The van der Waals surface area contributed by atoms with Crippen molar-refractivity contribution in [2.24, 2.45) is 0 Å². The van der Waals surface area contributed by atoms with E-state index in [9.17, 15) is 13.2 Å². The number of benzene rings is 1. The van der Waals surface area contributed by atoms with E-state index in [1.807, 2.05) is 6.92 Å². The minimum absolute atomic E-state index is 0.0742. The summed E-state index contributed by atoms with van der Waals surface area (Å²) in [7, 11) is -3.38. The minimum Gasteiger partial charge on any atom is -0.399 e. The Balaban J connectivity index is 2.36. The van der Waals surface area contributed by atoms with E-state index in [1.165, 1.54) is 18.2 Å². The molecule has 2 rings (SSSR count). The average molecular weight is 294 g/mol. The van der Waals surface area contributed by atoms with E-state index in [1.54, 1.807) is 4.90 Å². The zero-order chi connectivity index (χ0) is 14.9. The highest BCUT2D eigenvalue weighted by atomic mass is 32.2. The number of carbonyl (C=O) groups excluding carboxylic acids is 1. The number of nitrogen functional groups attached to an aromatic ring is 1. The molecular formula is C14H18N2O3S. The lowest BCUT2D eigenvalue weighted by atomic mass is 10.1. The molecule has 6 heteroatoms. The van der Waals surface area contributed by atoms with Gasteiger partial charge in [0.2, 0.25) is 0 Å². The maximum Gasteiger partial charge on any atom is 0.254 e. The highest BCUT2D eigenvalue weighted by Crippen LogP contribution is 2.20. The SMILES string of the molecule is CC1=CCCN(C(=O)c2cc(N)cc(S(C)(=O)=O)c2)C1. The van der Waals surface area contributed by atoms with Gasteiger partial charge in [0.1, 0.15) is 0 Å². The molecule has 0 spiro atoms. The molecule has 0 bridgehead atoms. The summed E-state index contributed by atoms with van der Waals surface area (Å²) < 4.78 is 23.2. The molecule has 0 saturated carbocycles. The molecule has 0 aromatic heterocycles. The number of hydrogen-bond donors (Lipinski definition) is 1. The highest BCUT2D eigenvalue weighted by molar-refractivity contribution is 7.90. The Kier molecular flexibility index (Phi) is 3.85. The number of nitrogens with two attached hydrogens (primary N) is 1. The monoisotopic (exact) mass is 294 g/mol. The molecule has 0 atom stereocenters. The van der Waals surface area contributed by atoms with Crippen LogP contribution in [0.1, 0.15) is 23.7 Å². The van der Waals surface area contributed by atoms with Crippen molar-refractivity contribution in [1.82, 2.24) is 4.90 Å². The van der Waals surface area contributed by atoms with Crippen molar-refractivity contribution in [2.75, 3.05) is 25.1 Å². The van der Waals surface area contributed by atoms with E-state index in [4.69, 9.17) is 5.73 Å².